The van der Waals surface area contributed by atoms with Crippen molar-refractivity contribution in [2.24, 2.45) is 5.73 Å². The van der Waals surface area contributed by atoms with Gasteiger partial charge >= 0.3 is 0 Å². The first-order valence-corrected chi connectivity index (χ1v) is 5.84. The standard InChI is InChI=1S/C11H15FN2OS/c1-11(14-2,10(13)15)7-16-9-5-3-4-8(12)6-9/h3-6,14H,7H2,1-2H3,(H2,13,15). The van der Waals surface area contributed by atoms with Crippen molar-refractivity contribution in [2.75, 3.05) is 12.8 Å². The van der Waals surface area contributed by atoms with Crippen LogP contribution in [-0.2, 0) is 4.79 Å². The predicted molar refractivity (Wildman–Crippen MR) is 63.8 cm³/mol. The molecule has 0 aliphatic rings. The van der Waals surface area contributed by atoms with Gasteiger partial charge in [0.2, 0.25) is 5.91 Å². The van der Waals surface area contributed by atoms with E-state index in [1.54, 1.807) is 26.1 Å². The largest absolute Gasteiger partial charge is 0.368 e. The zero-order valence-corrected chi connectivity index (χ0v) is 10.1. The molecule has 3 nitrogen and oxygen atoms in total. The van der Waals surface area contributed by atoms with E-state index in [1.807, 2.05) is 0 Å². The van der Waals surface area contributed by atoms with Crippen LogP contribution in [0.1, 0.15) is 6.92 Å². The molecular formula is C11H15FN2OS. The molecule has 0 spiro atoms. The van der Waals surface area contributed by atoms with Crippen molar-refractivity contribution in [3.8, 4) is 0 Å². The number of carbonyl (C=O) groups is 1. The summed E-state index contributed by atoms with van der Waals surface area (Å²) < 4.78 is 12.9. The molecule has 0 bridgehead atoms. The summed E-state index contributed by atoms with van der Waals surface area (Å²) in [5.41, 5.74) is 4.51. The molecule has 0 radical (unpaired) electrons. The molecule has 1 unspecified atom stereocenters. The van der Waals surface area contributed by atoms with Gasteiger partial charge in [-0.25, -0.2) is 4.39 Å². The third-order valence-electron chi connectivity index (χ3n) is 2.42. The molecule has 1 amide bonds. The van der Waals surface area contributed by atoms with Crippen LogP contribution in [-0.4, -0.2) is 24.2 Å². The number of hydrogen-bond acceptors (Lipinski definition) is 3. The number of amides is 1. The number of nitrogens with two attached hydrogens (primary N) is 1. The lowest BCUT2D eigenvalue weighted by molar-refractivity contribution is -0.122. The lowest BCUT2D eigenvalue weighted by Crippen LogP contribution is -2.53. The molecule has 0 aliphatic carbocycles. The van der Waals surface area contributed by atoms with Crippen LogP contribution < -0.4 is 11.1 Å². The van der Waals surface area contributed by atoms with Crippen molar-refractivity contribution < 1.29 is 9.18 Å². The Morgan fingerprint density at radius 3 is 2.81 bits per heavy atom. The first-order valence-electron chi connectivity index (χ1n) is 4.85. The Hall–Kier alpha value is -1.07. The van der Waals surface area contributed by atoms with E-state index >= 15 is 0 Å². The molecular weight excluding hydrogens is 227 g/mol. The molecule has 3 N–H and O–H groups in total. The molecule has 16 heavy (non-hydrogen) atoms. The van der Waals surface area contributed by atoms with E-state index in [-0.39, 0.29) is 5.82 Å². The van der Waals surface area contributed by atoms with Crippen LogP contribution in [0.4, 0.5) is 4.39 Å². The molecule has 1 rings (SSSR count). The van der Waals surface area contributed by atoms with Crippen LogP contribution in [0, 0.1) is 5.82 Å². The summed E-state index contributed by atoms with van der Waals surface area (Å²) in [6.07, 6.45) is 0. The monoisotopic (exact) mass is 242 g/mol. The SMILES string of the molecule is CNC(C)(CSc1cccc(F)c1)C(N)=O. The lowest BCUT2D eigenvalue weighted by atomic mass is 10.1. The second kappa shape index (κ2) is 5.32. The van der Waals surface area contributed by atoms with Crippen LogP contribution in [0.15, 0.2) is 29.2 Å². The maximum Gasteiger partial charge on any atom is 0.238 e. The van der Waals surface area contributed by atoms with Gasteiger partial charge in [-0.2, -0.15) is 0 Å². The summed E-state index contributed by atoms with van der Waals surface area (Å²) in [6, 6.07) is 6.25. The zero-order valence-electron chi connectivity index (χ0n) is 9.29. The fourth-order valence-electron chi connectivity index (χ4n) is 1.05. The van der Waals surface area contributed by atoms with Gasteiger partial charge in [0.25, 0.3) is 0 Å². The highest BCUT2D eigenvalue weighted by Gasteiger charge is 2.28. The van der Waals surface area contributed by atoms with Crippen LogP contribution in [0.2, 0.25) is 0 Å². The minimum atomic E-state index is -0.781. The highest BCUT2D eigenvalue weighted by Crippen LogP contribution is 2.22. The Labute approximate surface area is 98.6 Å². The maximum atomic E-state index is 12.9. The minimum absolute atomic E-state index is 0.282. The molecule has 1 aromatic carbocycles. The summed E-state index contributed by atoms with van der Waals surface area (Å²) >= 11 is 1.39. The van der Waals surface area contributed by atoms with Crippen LogP contribution in [0.3, 0.4) is 0 Å². The number of likely N-dealkylation sites (N-methyl/N-ethyl adjacent to an activating group) is 1. The van der Waals surface area contributed by atoms with E-state index in [0.717, 1.165) is 4.90 Å². The number of rotatable bonds is 5. The molecule has 5 heteroatoms. The van der Waals surface area contributed by atoms with Crippen molar-refractivity contribution >= 4 is 17.7 Å². The van der Waals surface area contributed by atoms with E-state index in [1.165, 1.54) is 23.9 Å². The van der Waals surface area contributed by atoms with Gasteiger partial charge in [-0.3, -0.25) is 4.79 Å². The van der Waals surface area contributed by atoms with Crippen molar-refractivity contribution in [1.29, 1.82) is 0 Å². The van der Waals surface area contributed by atoms with Gasteiger partial charge in [-0.1, -0.05) is 6.07 Å². The summed E-state index contributed by atoms with van der Waals surface area (Å²) in [5, 5.41) is 2.87. The number of nitrogens with one attached hydrogen (secondary N) is 1. The minimum Gasteiger partial charge on any atom is -0.368 e. The molecule has 0 aromatic heterocycles. The first-order chi connectivity index (χ1) is 7.48. The van der Waals surface area contributed by atoms with Gasteiger partial charge in [0.05, 0.1) is 0 Å². The fraction of sp³-hybridized carbons (Fsp3) is 0.364. The number of benzene rings is 1. The Morgan fingerprint density at radius 2 is 2.31 bits per heavy atom. The molecule has 88 valence electrons. The third-order valence-corrected chi connectivity index (χ3v) is 3.73. The quantitative estimate of drug-likeness (QED) is 0.767. The second-order valence-electron chi connectivity index (χ2n) is 3.69. The van der Waals surface area contributed by atoms with Gasteiger partial charge in [0, 0.05) is 10.6 Å². The number of halogens is 1. The normalized spacial score (nSPS) is 14.4. The second-order valence-corrected chi connectivity index (χ2v) is 4.74. The topological polar surface area (TPSA) is 55.1 Å². The summed E-state index contributed by atoms with van der Waals surface area (Å²) in [6.45, 7) is 1.72. The summed E-state index contributed by atoms with van der Waals surface area (Å²) in [7, 11) is 1.68. The lowest BCUT2D eigenvalue weighted by Gasteiger charge is -2.24. The van der Waals surface area contributed by atoms with E-state index < -0.39 is 11.4 Å². The summed E-state index contributed by atoms with van der Waals surface area (Å²) in [4.78, 5) is 12.0. The molecule has 0 heterocycles. The van der Waals surface area contributed by atoms with Gasteiger partial charge in [-0.15, -0.1) is 11.8 Å². The average molecular weight is 242 g/mol. The van der Waals surface area contributed by atoms with Gasteiger partial charge in [-0.05, 0) is 32.2 Å². The molecule has 0 fully saturated rings. The molecule has 0 aliphatic heterocycles. The van der Waals surface area contributed by atoms with E-state index in [0.29, 0.717) is 5.75 Å². The highest BCUT2D eigenvalue weighted by atomic mass is 32.2. The number of thioether (sulfide) groups is 1. The smallest absolute Gasteiger partial charge is 0.238 e. The van der Waals surface area contributed by atoms with Gasteiger partial charge in [0.15, 0.2) is 0 Å². The fourth-order valence-corrected chi connectivity index (χ4v) is 2.16. The highest BCUT2D eigenvalue weighted by molar-refractivity contribution is 7.99. The van der Waals surface area contributed by atoms with Crippen LogP contribution in [0.25, 0.3) is 0 Å². The van der Waals surface area contributed by atoms with Crippen molar-refractivity contribution in [3.63, 3.8) is 0 Å². The molecule has 1 aromatic rings. The van der Waals surface area contributed by atoms with E-state index in [4.69, 9.17) is 5.73 Å². The van der Waals surface area contributed by atoms with E-state index in [2.05, 4.69) is 5.32 Å². The number of primary amides is 1. The van der Waals surface area contributed by atoms with Crippen molar-refractivity contribution in [2.45, 2.75) is 17.4 Å². The van der Waals surface area contributed by atoms with Crippen LogP contribution >= 0.6 is 11.8 Å². The Balaban J connectivity index is 2.66. The third kappa shape index (κ3) is 3.21. The summed E-state index contributed by atoms with van der Waals surface area (Å²) in [5.74, 6) is -0.239. The zero-order chi connectivity index (χ0) is 12.2. The van der Waals surface area contributed by atoms with Crippen molar-refractivity contribution in [3.05, 3.63) is 30.1 Å². The maximum absolute atomic E-state index is 12.9. The van der Waals surface area contributed by atoms with Gasteiger partial charge in [0.1, 0.15) is 11.4 Å². The van der Waals surface area contributed by atoms with E-state index in [9.17, 15) is 9.18 Å². The van der Waals surface area contributed by atoms with Gasteiger partial charge < -0.3 is 11.1 Å². The van der Waals surface area contributed by atoms with Crippen LogP contribution in [0.5, 0.6) is 0 Å². The first kappa shape index (κ1) is 13.0. The average Bonchev–Trinajstić information content (AvgIpc) is 2.26. The predicted octanol–water partition coefficient (Wildman–Crippen LogP) is 1.38. The number of carbonyl (C=O) groups excluding carboxylic acids is 1. The Kier molecular flexibility index (Phi) is 4.32. The number of hydrogen-bond donors (Lipinski definition) is 2. The van der Waals surface area contributed by atoms with Crippen molar-refractivity contribution in [1.82, 2.24) is 5.32 Å². The molecule has 0 saturated heterocycles. The Morgan fingerprint density at radius 1 is 1.62 bits per heavy atom. The molecule has 1 atom stereocenters. The Bertz CT molecular complexity index is 386. The molecule has 0 saturated carbocycles.